The number of amides is 2. The van der Waals surface area contributed by atoms with Gasteiger partial charge in [-0.05, 0) is 24.1 Å². The number of ether oxygens (including phenoxy) is 1. The molecule has 0 aliphatic carbocycles. The van der Waals surface area contributed by atoms with Crippen LogP contribution in [0.4, 0.5) is 4.79 Å². The molecule has 1 fully saturated rings. The predicted octanol–water partition coefficient (Wildman–Crippen LogP) is 3.29. The number of hydrogen-bond donors (Lipinski definition) is 1. The first-order valence-electron chi connectivity index (χ1n) is 9.39. The first-order valence-corrected chi connectivity index (χ1v) is 9.76. The van der Waals surface area contributed by atoms with E-state index >= 15 is 0 Å². The molecule has 0 spiro atoms. The van der Waals surface area contributed by atoms with Crippen molar-refractivity contribution in [2.45, 2.75) is 6.42 Å². The average Bonchev–Trinajstić information content (AvgIpc) is 2.71. The minimum atomic E-state index is 0.0258. The maximum absolute atomic E-state index is 12.3. The van der Waals surface area contributed by atoms with Crippen molar-refractivity contribution in [3.63, 3.8) is 0 Å². The van der Waals surface area contributed by atoms with E-state index in [9.17, 15) is 4.79 Å². The summed E-state index contributed by atoms with van der Waals surface area (Å²) in [5, 5.41) is 3.65. The van der Waals surface area contributed by atoms with Crippen LogP contribution in [-0.2, 0) is 6.42 Å². The van der Waals surface area contributed by atoms with Crippen LogP contribution < -0.4 is 10.1 Å². The second kappa shape index (κ2) is 10.2. The Morgan fingerprint density at radius 3 is 2.44 bits per heavy atom. The lowest BCUT2D eigenvalue weighted by Crippen LogP contribution is -2.52. The summed E-state index contributed by atoms with van der Waals surface area (Å²) in [5.41, 5.74) is 1.24. The molecule has 1 heterocycles. The summed E-state index contributed by atoms with van der Waals surface area (Å²) in [6, 6.07) is 17.7. The number of nitrogens with one attached hydrogen (secondary N) is 1. The molecule has 0 unspecified atom stereocenters. The summed E-state index contributed by atoms with van der Waals surface area (Å²) < 4.78 is 5.74. The van der Waals surface area contributed by atoms with Crippen molar-refractivity contribution < 1.29 is 9.53 Å². The lowest BCUT2D eigenvalue weighted by Gasteiger charge is -2.34. The fourth-order valence-electron chi connectivity index (χ4n) is 3.09. The highest BCUT2D eigenvalue weighted by Crippen LogP contribution is 2.22. The summed E-state index contributed by atoms with van der Waals surface area (Å²) in [5.74, 6) is 0.718. The molecule has 0 radical (unpaired) electrons. The van der Waals surface area contributed by atoms with Gasteiger partial charge in [-0.2, -0.15) is 0 Å². The SMILES string of the molecule is O=C(NCCc1ccccc1)N1CCN(CCOc2ccccc2Cl)CC1. The van der Waals surface area contributed by atoms with Crippen LogP contribution in [0.5, 0.6) is 5.75 Å². The monoisotopic (exact) mass is 387 g/mol. The number of urea groups is 1. The van der Waals surface area contributed by atoms with Crippen LogP contribution >= 0.6 is 11.6 Å². The van der Waals surface area contributed by atoms with Gasteiger partial charge in [0.1, 0.15) is 12.4 Å². The zero-order valence-electron chi connectivity index (χ0n) is 15.4. The van der Waals surface area contributed by atoms with E-state index in [4.69, 9.17) is 16.3 Å². The van der Waals surface area contributed by atoms with E-state index in [-0.39, 0.29) is 6.03 Å². The van der Waals surface area contributed by atoms with Crippen molar-refractivity contribution >= 4 is 17.6 Å². The van der Waals surface area contributed by atoms with Gasteiger partial charge < -0.3 is 15.0 Å². The van der Waals surface area contributed by atoms with E-state index in [1.807, 2.05) is 47.4 Å². The molecule has 1 saturated heterocycles. The molecule has 0 saturated carbocycles. The molecular weight excluding hydrogens is 362 g/mol. The molecule has 1 aliphatic rings. The Hall–Kier alpha value is -2.24. The fraction of sp³-hybridized carbons (Fsp3) is 0.381. The number of carbonyl (C=O) groups excluding carboxylic acids is 1. The number of benzene rings is 2. The third-order valence-corrected chi connectivity index (χ3v) is 5.01. The van der Waals surface area contributed by atoms with Gasteiger partial charge in [-0.25, -0.2) is 4.79 Å². The Bertz CT molecular complexity index is 718. The third kappa shape index (κ3) is 6.15. The molecule has 6 heteroatoms. The van der Waals surface area contributed by atoms with E-state index in [0.29, 0.717) is 18.2 Å². The molecular formula is C21H26ClN3O2. The molecule has 0 aromatic heterocycles. The molecule has 144 valence electrons. The van der Waals surface area contributed by atoms with Gasteiger partial charge in [0, 0.05) is 39.3 Å². The highest BCUT2D eigenvalue weighted by atomic mass is 35.5. The summed E-state index contributed by atoms with van der Waals surface area (Å²) >= 11 is 6.09. The molecule has 2 aromatic rings. The first kappa shape index (κ1) is 19.5. The predicted molar refractivity (Wildman–Crippen MR) is 109 cm³/mol. The zero-order chi connectivity index (χ0) is 18.9. The summed E-state index contributed by atoms with van der Waals surface area (Å²) in [4.78, 5) is 16.5. The van der Waals surface area contributed by atoms with Crippen molar-refractivity contribution in [1.29, 1.82) is 0 Å². The van der Waals surface area contributed by atoms with Crippen LogP contribution in [0, 0.1) is 0 Å². The second-order valence-electron chi connectivity index (χ2n) is 6.58. The van der Waals surface area contributed by atoms with Crippen LogP contribution in [-0.4, -0.2) is 61.7 Å². The topological polar surface area (TPSA) is 44.8 Å². The minimum Gasteiger partial charge on any atom is -0.491 e. The molecule has 1 aliphatic heterocycles. The Morgan fingerprint density at radius 2 is 1.70 bits per heavy atom. The number of carbonyl (C=O) groups is 1. The van der Waals surface area contributed by atoms with Crippen molar-refractivity contribution in [3.05, 3.63) is 65.2 Å². The van der Waals surface area contributed by atoms with Crippen LogP contribution in [0.3, 0.4) is 0 Å². The van der Waals surface area contributed by atoms with Gasteiger partial charge in [-0.3, -0.25) is 4.90 Å². The lowest BCUT2D eigenvalue weighted by atomic mass is 10.1. The minimum absolute atomic E-state index is 0.0258. The van der Waals surface area contributed by atoms with E-state index < -0.39 is 0 Å². The number of nitrogens with zero attached hydrogens (tertiary/aromatic N) is 2. The number of para-hydroxylation sites is 1. The van der Waals surface area contributed by atoms with Crippen LogP contribution in [0.15, 0.2) is 54.6 Å². The summed E-state index contributed by atoms with van der Waals surface area (Å²) in [6.07, 6.45) is 0.853. The maximum Gasteiger partial charge on any atom is 0.317 e. The number of piperazine rings is 1. The molecule has 3 rings (SSSR count). The molecule has 2 aromatic carbocycles. The summed E-state index contributed by atoms with van der Waals surface area (Å²) in [6.45, 7) is 5.28. The van der Waals surface area contributed by atoms with Gasteiger partial charge in [-0.15, -0.1) is 0 Å². The van der Waals surface area contributed by atoms with Gasteiger partial charge in [0.2, 0.25) is 0 Å². The van der Waals surface area contributed by atoms with E-state index in [0.717, 1.165) is 44.9 Å². The van der Waals surface area contributed by atoms with E-state index in [2.05, 4.69) is 22.3 Å². The van der Waals surface area contributed by atoms with Crippen molar-refractivity contribution in [2.75, 3.05) is 45.9 Å². The average molecular weight is 388 g/mol. The van der Waals surface area contributed by atoms with E-state index in [1.165, 1.54) is 5.56 Å². The van der Waals surface area contributed by atoms with Gasteiger partial charge in [0.25, 0.3) is 0 Å². The maximum atomic E-state index is 12.3. The lowest BCUT2D eigenvalue weighted by molar-refractivity contribution is 0.126. The Kier molecular flexibility index (Phi) is 7.36. The molecule has 5 nitrogen and oxygen atoms in total. The van der Waals surface area contributed by atoms with Gasteiger partial charge in [0.15, 0.2) is 0 Å². The van der Waals surface area contributed by atoms with Gasteiger partial charge >= 0.3 is 6.03 Å². The third-order valence-electron chi connectivity index (χ3n) is 4.69. The molecule has 0 atom stereocenters. The first-order chi connectivity index (χ1) is 13.2. The standard InChI is InChI=1S/C21H26ClN3O2/c22-19-8-4-5-9-20(19)27-17-16-24-12-14-25(15-13-24)21(26)23-11-10-18-6-2-1-3-7-18/h1-9H,10-17H2,(H,23,26). The highest BCUT2D eigenvalue weighted by Gasteiger charge is 2.20. The molecule has 27 heavy (non-hydrogen) atoms. The molecule has 0 bridgehead atoms. The smallest absolute Gasteiger partial charge is 0.317 e. The molecule has 1 N–H and O–H groups in total. The Labute approximate surface area is 165 Å². The number of halogens is 1. The number of hydrogen-bond acceptors (Lipinski definition) is 3. The quantitative estimate of drug-likeness (QED) is 0.792. The van der Waals surface area contributed by atoms with Crippen LogP contribution in [0.1, 0.15) is 5.56 Å². The highest BCUT2D eigenvalue weighted by molar-refractivity contribution is 6.32. The summed E-state index contributed by atoms with van der Waals surface area (Å²) in [7, 11) is 0. The van der Waals surface area contributed by atoms with Gasteiger partial charge in [0.05, 0.1) is 5.02 Å². The normalized spacial score (nSPS) is 14.8. The van der Waals surface area contributed by atoms with Gasteiger partial charge in [-0.1, -0.05) is 54.1 Å². The Morgan fingerprint density at radius 1 is 1.00 bits per heavy atom. The van der Waals surface area contributed by atoms with Crippen molar-refractivity contribution in [1.82, 2.24) is 15.1 Å². The van der Waals surface area contributed by atoms with Crippen LogP contribution in [0.2, 0.25) is 5.02 Å². The zero-order valence-corrected chi connectivity index (χ0v) is 16.2. The fourth-order valence-corrected chi connectivity index (χ4v) is 3.28. The van der Waals surface area contributed by atoms with Crippen molar-refractivity contribution in [2.24, 2.45) is 0 Å². The Balaban J connectivity index is 1.31. The second-order valence-corrected chi connectivity index (χ2v) is 6.98. The largest absolute Gasteiger partial charge is 0.491 e. The molecule has 2 amide bonds. The van der Waals surface area contributed by atoms with Crippen LogP contribution in [0.25, 0.3) is 0 Å². The number of rotatable bonds is 7. The van der Waals surface area contributed by atoms with Crippen molar-refractivity contribution in [3.8, 4) is 5.75 Å². The van der Waals surface area contributed by atoms with E-state index in [1.54, 1.807) is 0 Å².